The summed E-state index contributed by atoms with van der Waals surface area (Å²) >= 11 is 0. The van der Waals surface area contributed by atoms with Crippen LogP contribution >= 0.6 is 0 Å². The van der Waals surface area contributed by atoms with Gasteiger partial charge < -0.3 is 28.4 Å². The molecule has 0 saturated carbocycles. The zero-order valence-corrected chi connectivity index (χ0v) is 58.6. The molecule has 0 fully saturated rings. The van der Waals surface area contributed by atoms with Gasteiger partial charge in [-0.05, 0) is 130 Å². The number of carbonyl (C=O) groups is 6. The molecule has 0 radical (unpaired) electrons. The van der Waals surface area contributed by atoms with Crippen molar-refractivity contribution in [2.75, 3.05) is 0 Å². The van der Waals surface area contributed by atoms with Crippen LogP contribution in [0.4, 0.5) is 52.7 Å². The molecule has 0 aliphatic carbocycles. The Balaban J connectivity index is 1.34. The Labute approximate surface area is 588 Å². The van der Waals surface area contributed by atoms with Crippen molar-refractivity contribution in [3.05, 3.63) is 166 Å². The molecule has 4 amide bonds. The first-order chi connectivity index (χ1) is 48.0. The number of hydrogen-bond donors (Lipinski definition) is 0. The summed E-state index contributed by atoms with van der Waals surface area (Å²) in [4.78, 5) is 91.9. The van der Waals surface area contributed by atoms with Gasteiger partial charge in [0.25, 0.3) is 35.8 Å². The quantitative estimate of drug-likeness (QED) is 0.0296. The van der Waals surface area contributed by atoms with E-state index in [2.05, 4.69) is 9.47 Å². The highest BCUT2D eigenvalue weighted by atomic mass is 19.4. The fourth-order valence-electron chi connectivity index (χ4n) is 13.0. The fourth-order valence-corrected chi connectivity index (χ4v) is 13.0. The molecule has 104 heavy (non-hydrogen) atoms. The van der Waals surface area contributed by atoms with E-state index in [1.807, 2.05) is 83.1 Å². The van der Waals surface area contributed by atoms with Crippen LogP contribution in [0.25, 0.3) is 43.1 Å². The molecule has 14 nitrogen and oxygen atoms in total. The van der Waals surface area contributed by atoms with Crippen LogP contribution in [0, 0.1) is 0 Å². The van der Waals surface area contributed by atoms with Crippen LogP contribution < -0.4 is 18.9 Å². The van der Waals surface area contributed by atoms with Gasteiger partial charge in [-0.25, -0.2) is 9.59 Å². The van der Waals surface area contributed by atoms with Gasteiger partial charge >= 0.3 is 36.6 Å². The maximum atomic E-state index is 15.8. The largest absolute Gasteiger partial charge is 0.457 e. The number of nitrogens with zero attached hydrogens (tertiary/aromatic N) is 2. The lowest BCUT2D eigenvalue weighted by molar-refractivity contribution is -0.314. The van der Waals surface area contributed by atoms with E-state index in [1.54, 1.807) is 97.1 Å². The number of hydrogen-bond acceptors (Lipinski definition) is 12. The molecule has 548 valence electrons. The van der Waals surface area contributed by atoms with Crippen molar-refractivity contribution in [3.8, 4) is 46.0 Å². The molecule has 0 N–H and O–H groups in total. The average molecular weight is 1460 g/mol. The van der Waals surface area contributed by atoms with Crippen molar-refractivity contribution in [1.29, 1.82) is 0 Å². The number of carbonyl (C=O) groups excluding carboxylic acids is 6. The van der Waals surface area contributed by atoms with Crippen LogP contribution in [0.1, 0.15) is 173 Å². The van der Waals surface area contributed by atoms with Crippen LogP contribution in [0.15, 0.2) is 121 Å². The first-order valence-corrected chi connectivity index (χ1v) is 33.0. The number of amides is 4. The Bertz CT molecular complexity index is 4350. The molecule has 2 heterocycles. The topological polar surface area (TPSA) is 164 Å². The molecule has 0 aromatic heterocycles. The van der Waals surface area contributed by atoms with E-state index in [4.69, 9.17) is 18.9 Å². The molecule has 2 unspecified atom stereocenters. The molecule has 26 heteroatoms. The number of benzene rings is 9. The van der Waals surface area contributed by atoms with E-state index < -0.39 is 141 Å². The summed E-state index contributed by atoms with van der Waals surface area (Å²) in [5.74, 6) is -11.7. The van der Waals surface area contributed by atoms with E-state index in [1.165, 1.54) is 0 Å². The number of imide groups is 2. The van der Waals surface area contributed by atoms with E-state index in [0.717, 1.165) is 60.4 Å². The van der Waals surface area contributed by atoms with Gasteiger partial charge in [0.05, 0.1) is 22.3 Å². The molecule has 9 aromatic rings. The lowest BCUT2D eigenvalue weighted by atomic mass is 9.80. The lowest BCUT2D eigenvalue weighted by Gasteiger charge is -2.35. The third-order valence-electron chi connectivity index (χ3n) is 18.4. The standard InChI is InChI=1S/C78H70F12N2O12/c1-15-49(67(97)103-69(75(79,80)81)76(82,83)84)91-63(93)45-33-51(99-41-25-17-37(18-26-41)71(3,4)5)57-59-53(101-43-29-21-39(22-30-43)73(9,10)11)35-47-56-48(66(96)92(65(47)95)50(16-2)68(98)104-70(77(85,86)87)78(88,89)90)36-54(102-44-31-23-40(24-32-44)74(12,13)14)60(62(56)59)58-52(34-46(64(91)94)55(45)61(57)58)100-42-27-19-38(20-28-42)72(6,7)8/h17-36,49-50,69-70H,15-16H2,1-14H3. The molecule has 0 saturated heterocycles. The summed E-state index contributed by atoms with van der Waals surface area (Å²) in [6.45, 7) is 25.3. The molecule has 2 aliphatic rings. The van der Waals surface area contributed by atoms with Gasteiger partial charge in [-0.2, -0.15) is 52.7 Å². The highest BCUT2D eigenvalue weighted by Gasteiger charge is 2.62. The van der Waals surface area contributed by atoms with Gasteiger partial charge in [0.2, 0.25) is 0 Å². The Morgan fingerprint density at radius 2 is 0.510 bits per heavy atom. The Kier molecular flexibility index (Phi) is 18.7. The lowest BCUT2D eigenvalue weighted by Crippen LogP contribution is -2.54. The average Bonchev–Trinajstić information content (AvgIpc) is 0.670. The number of fused-ring (bicyclic) bond motifs is 2. The van der Waals surface area contributed by atoms with Crippen LogP contribution in [-0.2, 0) is 40.7 Å². The molecule has 9 aromatic carbocycles. The monoisotopic (exact) mass is 1450 g/mol. The zero-order chi connectivity index (χ0) is 76.6. The molecular formula is C78H70F12N2O12. The number of esters is 2. The summed E-state index contributed by atoms with van der Waals surface area (Å²) in [5, 5.41) is -1.54. The van der Waals surface area contributed by atoms with Crippen molar-refractivity contribution in [1.82, 2.24) is 9.80 Å². The van der Waals surface area contributed by atoms with Gasteiger partial charge in [-0.3, -0.25) is 29.0 Å². The summed E-state index contributed by atoms with van der Waals surface area (Å²) in [6.07, 6.45) is -36.0. The highest BCUT2D eigenvalue weighted by Crippen LogP contribution is 2.59. The zero-order valence-electron chi connectivity index (χ0n) is 58.6. The first kappa shape index (κ1) is 75.0. The maximum Gasteiger partial charge on any atom is 0.434 e. The van der Waals surface area contributed by atoms with Gasteiger partial charge in [0.15, 0.2) is 0 Å². The highest BCUT2D eigenvalue weighted by molar-refractivity contribution is 6.45. The maximum absolute atomic E-state index is 15.8. The molecule has 11 rings (SSSR count). The van der Waals surface area contributed by atoms with Gasteiger partial charge in [-0.15, -0.1) is 0 Å². The van der Waals surface area contributed by atoms with Crippen molar-refractivity contribution < 1.29 is 110 Å². The summed E-state index contributed by atoms with van der Waals surface area (Å²) in [5.41, 5.74) is -0.926. The normalized spacial score (nSPS) is 14.9. The number of alkyl halides is 12. The second-order valence-electron chi connectivity index (χ2n) is 29.8. The second kappa shape index (κ2) is 25.9. The smallest absolute Gasteiger partial charge is 0.434 e. The number of halogens is 12. The van der Waals surface area contributed by atoms with Gasteiger partial charge in [-0.1, -0.05) is 145 Å². The minimum Gasteiger partial charge on any atom is -0.457 e. The van der Waals surface area contributed by atoms with Crippen molar-refractivity contribution >= 4 is 78.7 Å². The van der Waals surface area contributed by atoms with Crippen LogP contribution in [0.2, 0.25) is 0 Å². The predicted molar refractivity (Wildman–Crippen MR) is 362 cm³/mol. The van der Waals surface area contributed by atoms with E-state index >= 15 is 19.2 Å². The third kappa shape index (κ3) is 13.9. The predicted octanol–water partition coefficient (Wildman–Crippen LogP) is 20.9. The minimum atomic E-state index is -6.24. The Hall–Kier alpha value is -10.1. The van der Waals surface area contributed by atoms with E-state index in [0.29, 0.717) is 0 Å². The molecular weight excluding hydrogens is 1380 g/mol. The molecule has 0 spiro atoms. The molecule has 2 atom stereocenters. The van der Waals surface area contributed by atoms with Crippen molar-refractivity contribution in [2.24, 2.45) is 0 Å². The third-order valence-corrected chi connectivity index (χ3v) is 18.4. The first-order valence-electron chi connectivity index (χ1n) is 33.0. The van der Waals surface area contributed by atoms with Gasteiger partial charge in [0.1, 0.15) is 58.1 Å². The Morgan fingerprint density at radius 3 is 0.673 bits per heavy atom. The van der Waals surface area contributed by atoms with Crippen LogP contribution in [0.5, 0.6) is 46.0 Å². The molecule has 2 aliphatic heterocycles. The fraction of sp³-hybridized carbons (Fsp3) is 0.359. The molecule has 0 bridgehead atoms. The van der Waals surface area contributed by atoms with Crippen molar-refractivity contribution in [2.45, 2.75) is 180 Å². The second-order valence-corrected chi connectivity index (χ2v) is 29.8. The van der Waals surface area contributed by atoms with Crippen molar-refractivity contribution in [3.63, 3.8) is 0 Å². The minimum absolute atomic E-state index is 0.0266. The van der Waals surface area contributed by atoms with E-state index in [-0.39, 0.29) is 98.9 Å². The number of ether oxygens (including phenoxy) is 6. The number of rotatable bonds is 16. The van der Waals surface area contributed by atoms with Crippen LogP contribution in [0.3, 0.4) is 0 Å². The van der Waals surface area contributed by atoms with Gasteiger partial charge in [0, 0.05) is 43.1 Å². The van der Waals surface area contributed by atoms with Crippen LogP contribution in [-0.4, -0.2) is 94.4 Å². The Morgan fingerprint density at radius 1 is 0.317 bits per heavy atom. The summed E-state index contributed by atoms with van der Waals surface area (Å²) in [6, 6.07) is 25.6. The SMILES string of the molecule is CCC(C(=O)OC(C(F)(F)F)C(F)(F)F)N1C(=O)c2cc(Oc3ccc(C(C)(C)C)cc3)c3c4c(Oc5ccc(C(C)(C)C)cc5)cc5c6c(cc(Oc7ccc(C(C)(C)C)cc7)c(c7c(Oc8ccc(C(C)(C)C)cc8)cc(c2c37)C1=O)c64)C(=O)N(C(CC)C(=O)OC(C(F)(F)F)C(F)(F)F)C5=O. The summed E-state index contributed by atoms with van der Waals surface area (Å²) < 4.78 is 207. The summed E-state index contributed by atoms with van der Waals surface area (Å²) in [7, 11) is 0. The van der Waals surface area contributed by atoms with E-state index in [9.17, 15) is 62.3 Å².